The van der Waals surface area contributed by atoms with E-state index in [-0.39, 0.29) is 13.0 Å². The number of hydrogen-bond acceptors (Lipinski definition) is 3. The maximum Gasteiger partial charge on any atom is 0.303 e. The maximum absolute atomic E-state index is 9.82. The second-order valence-corrected chi connectivity index (χ2v) is 1.47. The normalized spacial score (nSPS) is 8.00. The Morgan fingerprint density at radius 1 is 1.67 bits per heavy atom. The lowest BCUT2D eigenvalue weighted by Gasteiger charge is -1.86. The number of nitrogens with zero attached hydrogens (tertiary/aromatic N) is 1. The topological polar surface area (TPSA) is 66.7 Å². The highest BCUT2D eigenvalue weighted by molar-refractivity contribution is 5.66. The number of carbonyl (C=O) groups is 1. The van der Waals surface area contributed by atoms with Crippen LogP contribution in [0.25, 0.3) is 0 Å². The highest BCUT2D eigenvalue weighted by atomic mass is 16.4. The van der Waals surface area contributed by atoms with Gasteiger partial charge in [0.05, 0.1) is 6.54 Å². The van der Waals surface area contributed by atoms with E-state index >= 15 is 0 Å². The predicted molar refractivity (Wildman–Crippen MR) is 29.9 cm³/mol. The molecule has 0 saturated carbocycles. The molecule has 9 heavy (non-hydrogen) atoms. The summed E-state index contributed by atoms with van der Waals surface area (Å²) in [6.45, 7) is 0.260. The molecule has 0 aromatic heterocycles. The fourth-order valence-electron chi connectivity index (χ4n) is 0.355. The standard InChI is InChI=1S/C5H7NO3/c7-4-6-3-1-2-5(8)9/h1-3H2,(H,8,9). The van der Waals surface area contributed by atoms with Gasteiger partial charge in [-0.3, -0.25) is 4.79 Å². The van der Waals surface area contributed by atoms with Gasteiger partial charge in [0.15, 0.2) is 0 Å². The van der Waals surface area contributed by atoms with E-state index in [0.29, 0.717) is 6.42 Å². The van der Waals surface area contributed by atoms with Crippen molar-refractivity contribution in [2.45, 2.75) is 12.8 Å². The first kappa shape index (κ1) is 7.85. The Kier molecular flexibility index (Phi) is 4.36. The second-order valence-electron chi connectivity index (χ2n) is 1.47. The van der Waals surface area contributed by atoms with Gasteiger partial charge in [0.1, 0.15) is 0 Å². The number of carboxylic acid groups (broad SMARTS) is 1. The van der Waals surface area contributed by atoms with Gasteiger partial charge in [-0.05, 0) is 6.42 Å². The summed E-state index contributed by atoms with van der Waals surface area (Å²) in [6.07, 6.45) is 1.79. The largest absolute Gasteiger partial charge is 0.481 e. The molecule has 0 saturated heterocycles. The van der Waals surface area contributed by atoms with Crippen molar-refractivity contribution in [2.75, 3.05) is 6.54 Å². The molecule has 0 unspecified atom stereocenters. The average molecular weight is 129 g/mol. The van der Waals surface area contributed by atoms with Crippen molar-refractivity contribution in [1.29, 1.82) is 0 Å². The molecule has 1 N–H and O–H groups in total. The third-order valence-electron chi connectivity index (χ3n) is 0.725. The van der Waals surface area contributed by atoms with E-state index in [1.54, 1.807) is 0 Å². The van der Waals surface area contributed by atoms with E-state index in [0.717, 1.165) is 0 Å². The highest BCUT2D eigenvalue weighted by Crippen LogP contribution is 1.87. The van der Waals surface area contributed by atoms with Crippen molar-refractivity contribution in [2.24, 2.45) is 4.99 Å². The minimum atomic E-state index is -0.865. The van der Waals surface area contributed by atoms with Crippen LogP contribution in [0.15, 0.2) is 4.99 Å². The van der Waals surface area contributed by atoms with Crippen molar-refractivity contribution in [3.8, 4) is 0 Å². The molecule has 50 valence electrons. The third-order valence-corrected chi connectivity index (χ3v) is 0.725. The third kappa shape index (κ3) is 6.85. The van der Waals surface area contributed by atoms with Crippen LogP contribution in [0.4, 0.5) is 0 Å². The first-order valence-corrected chi connectivity index (χ1v) is 2.53. The summed E-state index contributed by atoms with van der Waals surface area (Å²) in [6, 6.07) is 0. The van der Waals surface area contributed by atoms with E-state index < -0.39 is 5.97 Å². The summed E-state index contributed by atoms with van der Waals surface area (Å²) in [5.74, 6) is -0.865. The van der Waals surface area contributed by atoms with E-state index in [2.05, 4.69) is 4.99 Å². The highest BCUT2D eigenvalue weighted by Gasteiger charge is 1.93. The lowest BCUT2D eigenvalue weighted by atomic mass is 10.3. The van der Waals surface area contributed by atoms with Crippen LogP contribution in [0.1, 0.15) is 12.8 Å². The van der Waals surface area contributed by atoms with Crippen molar-refractivity contribution in [3.63, 3.8) is 0 Å². The van der Waals surface area contributed by atoms with Gasteiger partial charge in [-0.25, -0.2) is 9.79 Å². The Hall–Kier alpha value is -1.15. The first-order chi connectivity index (χ1) is 4.27. The fourth-order valence-corrected chi connectivity index (χ4v) is 0.355. The van der Waals surface area contributed by atoms with E-state index in [4.69, 9.17) is 5.11 Å². The van der Waals surface area contributed by atoms with Gasteiger partial charge in [0.25, 0.3) is 0 Å². The molecule has 0 bridgehead atoms. The van der Waals surface area contributed by atoms with Crippen LogP contribution in [0.3, 0.4) is 0 Å². The Balaban J connectivity index is 3.10. The molecule has 0 radical (unpaired) electrons. The van der Waals surface area contributed by atoms with Crippen molar-refractivity contribution in [3.05, 3.63) is 0 Å². The number of carbonyl (C=O) groups excluding carboxylic acids is 1. The molecule has 0 aromatic carbocycles. The number of hydrogen-bond donors (Lipinski definition) is 1. The number of aliphatic carboxylic acids is 1. The minimum absolute atomic E-state index is 0.0607. The zero-order chi connectivity index (χ0) is 7.11. The van der Waals surface area contributed by atoms with Gasteiger partial charge in [-0.1, -0.05) is 0 Å². The van der Waals surface area contributed by atoms with Crippen LogP contribution >= 0.6 is 0 Å². The zero-order valence-electron chi connectivity index (χ0n) is 4.83. The Labute approximate surface area is 52.2 Å². The van der Waals surface area contributed by atoms with Gasteiger partial charge < -0.3 is 5.11 Å². The molecule has 0 aliphatic carbocycles. The lowest BCUT2D eigenvalue weighted by Crippen LogP contribution is -1.94. The Morgan fingerprint density at radius 2 is 2.33 bits per heavy atom. The lowest BCUT2D eigenvalue weighted by molar-refractivity contribution is -0.137. The summed E-state index contributed by atoms with van der Waals surface area (Å²) in [5, 5.41) is 8.07. The molecule has 0 atom stereocenters. The quantitative estimate of drug-likeness (QED) is 0.334. The van der Waals surface area contributed by atoms with Gasteiger partial charge >= 0.3 is 5.97 Å². The van der Waals surface area contributed by atoms with Crippen LogP contribution in [0.5, 0.6) is 0 Å². The molecular weight excluding hydrogens is 122 g/mol. The molecule has 0 fully saturated rings. The fraction of sp³-hybridized carbons (Fsp3) is 0.600. The van der Waals surface area contributed by atoms with Crippen molar-refractivity contribution in [1.82, 2.24) is 0 Å². The van der Waals surface area contributed by atoms with E-state index in [1.165, 1.54) is 6.08 Å². The number of isocyanates is 1. The van der Waals surface area contributed by atoms with Crippen molar-refractivity contribution >= 4 is 12.0 Å². The number of rotatable bonds is 4. The number of aliphatic imine (C=N–C) groups is 1. The maximum atomic E-state index is 9.82. The summed E-state index contributed by atoms with van der Waals surface area (Å²) >= 11 is 0. The van der Waals surface area contributed by atoms with Crippen LogP contribution in [0.2, 0.25) is 0 Å². The smallest absolute Gasteiger partial charge is 0.303 e. The first-order valence-electron chi connectivity index (χ1n) is 2.53. The van der Waals surface area contributed by atoms with E-state index in [9.17, 15) is 9.59 Å². The molecule has 0 aliphatic rings. The van der Waals surface area contributed by atoms with Crippen LogP contribution < -0.4 is 0 Å². The molecule has 0 aromatic rings. The number of carboxylic acids is 1. The zero-order valence-corrected chi connectivity index (χ0v) is 4.83. The van der Waals surface area contributed by atoms with Gasteiger partial charge in [0, 0.05) is 6.42 Å². The average Bonchev–Trinajstić information content (AvgIpc) is 1.80. The van der Waals surface area contributed by atoms with Gasteiger partial charge in [-0.15, -0.1) is 0 Å². The molecule has 0 amide bonds. The molecule has 0 aliphatic heterocycles. The monoisotopic (exact) mass is 129 g/mol. The summed E-state index contributed by atoms with van der Waals surface area (Å²) in [4.78, 5) is 22.4. The van der Waals surface area contributed by atoms with Gasteiger partial charge in [0.2, 0.25) is 6.08 Å². The Bertz CT molecular complexity index is 135. The predicted octanol–water partition coefficient (Wildman–Crippen LogP) is 0.187. The van der Waals surface area contributed by atoms with Crippen molar-refractivity contribution < 1.29 is 14.7 Å². The SMILES string of the molecule is O=C=NCCCC(=O)O. The molecule has 0 spiro atoms. The van der Waals surface area contributed by atoms with Crippen LogP contribution in [-0.2, 0) is 9.59 Å². The van der Waals surface area contributed by atoms with E-state index in [1.807, 2.05) is 0 Å². The summed E-state index contributed by atoms with van der Waals surface area (Å²) < 4.78 is 0. The molecule has 4 heteroatoms. The molecule has 0 heterocycles. The van der Waals surface area contributed by atoms with Crippen LogP contribution in [-0.4, -0.2) is 23.7 Å². The summed E-state index contributed by atoms with van der Waals surface area (Å²) in [7, 11) is 0. The van der Waals surface area contributed by atoms with Gasteiger partial charge in [-0.2, -0.15) is 0 Å². The minimum Gasteiger partial charge on any atom is -0.481 e. The second kappa shape index (κ2) is 5.00. The Morgan fingerprint density at radius 3 is 2.78 bits per heavy atom. The molecule has 0 rings (SSSR count). The molecular formula is C5H7NO3. The molecule has 4 nitrogen and oxygen atoms in total. The summed E-state index contributed by atoms with van der Waals surface area (Å²) in [5.41, 5.74) is 0. The van der Waals surface area contributed by atoms with Crippen LogP contribution in [0, 0.1) is 0 Å².